The van der Waals surface area contributed by atoms with E-state index in [1.165, 1.54) is 0 Å². The van der Waals surface area contributed by atoms with Gasteiger partial charge >= 0.3 is 5.97 Å². The van der Waals surface area contributed by atoms with Gasteiger partial charge in [-0.05, 0) is 37.1 Å². The third-order valence-electron chi connectivity index (χ3n) is 3.88. The molecule has 0 saturated carbocycles. The van der Waals surface area contributed by atoms with Gasteiger partial charge in [-0.2, -0.15) is 5.10 Å². The summed E-state index contributed by atoms with van der Waals surface area (Å²) in [7, 11) is 0. The Kier molecular flexibility index (Phi) is 4.01. The quantitative estimate of drug-likeness (QED) is 0.914. The molecule has 0 spiro atoms. The van der Waals surface area contributed by atoms with Crippen molar-refractivity contribution < 1.29 is 9.90 Å². The number of carboxylic acid groups (broad SMARTS) is 1. The molecule has 2 aromatic rings. The molecule has 1 N–H and O–H groups in total. The van der Waals surface area contributed by atoms with E-state index >= 15 is 0 Å². The lowest BCUT2D eigenvalue weighted by Crippen LogP contribution is -2.21. The number of likely N-dealkylation sites (tertiary alicyclic amines) is 1. The van der Waals surface area contributed by atoms with Crippen molar-refractivity contribution >= 4 is 5.97 Å². The van der Waals surface area contributed by atoms with Crippen LogP contribution in [0.1, 0.15) is 18.5 Å². The molecule has 110 valence electrons. The van der Waals surface area contributed by atoms with Gasteiger partial charge in [0.1, 0.15) is 0 Å². The number of carboxylic acids is 1. The van der Waals surface area contributed by atoms with Gasteiger partial charge in [-0.15, -0.1) is 0 Å². The summed E-state index contributed by atoms with van der Waals surface area (Å²) in [4.78, 5) is 13.0. The number of aromatic nitrogens is 2. The SMILES string of the molecule is O=C(O)CC1CCN(Cc2ccn(-c3ccccc3)n2)C1. The summed E-state index contributed by atoms with van der Waals surface area (Å²) in [6.07, 6.45) is 3.20. The zero-order valence-corrected chi connectivity index (χ0v) is 11.9. The van der Waals surface area contributed by atoms with Gasteiger partial charge in [0.15, 0.2) is 0 Å². The van der Waals surface area contributed by atoms with E-state index in [1.54, 1.807) is 0 Å². The van der Waals surface area contributed by atoms with Crippen LogP contribution in [-0.4, -0.2) is 38.8 Å². The summed E-state index contributed by atoms with van der Waals surface area (Å²) in [5.41, 5.74) is 2.07. The summed E-state index contributed by atoms with van der Waals surface area (Å²) >= 11 is 0. The van der Waals surface area contributed by atoms with Gasteiger partial charge in [-0.25, -0.2) is 4.68 Å². The Hall–Kier alpha value is -2.14. The minimum atomic E-state index is -0.699. The molecule has 1 aromatic carbocycles. The molecular weight excluding hydrogens is 266 g/mol. The number of benzene rings is 1. The van der Waals surface area contributed by atoms with Crippen molar-refractivity contribution in [2.24, 2.45) is 5.92 Å². The van der Waals surface area contributed by atoms with E-state index < -0.39 is 5.97 Å². The van der Waals surface area contributed by atoms with Crippen LogP contribution in [0.3, 0.4) is 0 Å². The lowest BCUT2D eigenvalue weighted by molar-refractivity contribution is -0.138. The van der Waals surface area contributed by atoms with Gasteiger partial charge in [-0.1, -0.05) is 18.2 Å². The zero-order chi connectivity index (χ0) is 14.7. The lowest BCUT2D eigenvalue weighted by atomic mass is 10.1. The van der Waals surface area contributed by atoms with Crippen molar-refractivity contribution in [2.75, 3.05) is 13.1 Å². The first-order valence-corrected chi connectivity index (χ1v) is 7.25. The average Bonchev–Trinajstić information content (AvgIpc) is 3.09. The largest absolute Gasteiger partial charge is 0.481 e. The van der Waals surface area contributed by atoms with Gasteiger partial charge in [0.25, 0.3) is 0 Å². The molecule has 3 rings (SSSR count). The van der Waals surface area contributed by atoms with E-state index in [4.69, 9.17) is 5.11 Å². The van der Waals surface area contributed by atoms with Gasteiger partial charge in [0.2, 0.25) is 0 Å². The Bertz CT molecular complexity index is 609. The Morgan fingerprint density at radius 1 is 1.29 bits per heavy atom. The van der Waals surface area contributed by atoms with Gasteiger partial charge in [0.05, 0.1) is 11.4 Å². The van der Waals surface area contributed by atoms with E-state index in [-0.39, 0.29) is 12.3 Å². The standard InChI is InChI=1S/C16H19N3O2/c20-16(21)10-13-6-8-18(11-13)12-14-7-9-19(17-14)15-4-2-1-3-5-15/h1-5,7,9,13H,6,8,10-12H2,(H,20,21). The third-order valence-corrected chi connectivity index (χ3v) is 3.88. The van der Waals surface area contributed by atoms with Crippen LogP contribution < -0.4 is 0 Å². The molecule has 0 bridgehead atoms. The summed E-state index contributed by atoms with van der Waals surface area (Å²) in [6.45, 7) is 2.59. The van der Waals surface area contributed by atoms with Crippen molar-refractivity contribution in [1.82, 2.24) is 14.7 Å². The Morgan fingerprint density at radius 3 is 2.86 bits per heavy atom. The number of rotatable bonds is 5. The number of carbonyl (C=O) groups is 1. The maximum absolute atomic E-state index is 10.7. The van der Waals surface area contributed by atoms with Gasteiger partial charge < -0.3 is 5.11 Å². The van der Waals surface area contributed by atoms with Gasteiger partial charge in [0, 0.05) is 25.7 Å². The lowest BCUT2D eigenvalue weighted by Gasteiger charge is -2.13. The fraction of sp³-hybridized carbons (Fsp3) is 0.375. The van der Waals surface area contributed by atoms with Crippen molar-refractivity contribution in [2.45, 2.75) is 19.4 Å². The smallest absolute Gasteiger partial charge is 0.303 e. The topological polar surface area (TPSA) is 58.4 Å². The fourth-order valence-corrected chi connectivity index (χ4v) is 2.87. The highest BCUT2D eigenvalue weighted by Crippen LogP contribution is 2.21. The van der Waals surface area contributed by atoms with Crippen LogP contribution in [0.4, 0.5) is 0 Å². The molecule has 1 atom stereocenters. The summed E-state index contributed by atoms with van der Waals surface area (Å²) in [5.74, 6) is -0.422. The number of para-hydroxylation sites is 1. The second-order valence-electron chi connectivity index (χ2n) is 5.57. The molecule has 1 aliphatic rings. The maximum atomic E-state index is 10.7. The molecule has 1 fully saturated rings. The summed E-state index contributed by atoms with van der Waals surface area (Å²) in [6, 6.07) is 12.0. The monoisotopic (exact) mass is 285 g/mol. The van der Waals surface area contributed by atoms with Crippen molar-refractivity contribution in [3.8, 4) is 5.69 Å². The fourth-order valence-electron chi connectivity index (χ4n) is 2.87. The number of hydrogen-bond acceptors (Lipinski definition) is 3. The normalized spacial score (nSPS) is 19.0. The van der Waals surface area contributed by atoms with Crippen LogP contribution in [0.15, 0.2) is 42.6 Å². The molecular formula is C16H19N3O2. The molecule has 1 saturated heterocycles. The third kappa shape index (κ3) is 3.49. The highest BCUT2D eigenvalue weighted by atomic mass is 16.4. The maximum Gasteiger partial charge on any atom is 0.303 e. The summed E-state index contributed by atoms with van der Waals surface area (Å²) in [5, 5.41) is 13.4. The molecule has 1 aromatic heterocycles. The van der Waals surface area contributed by atoms with Crippen LogP contribution >= 0.6 is 0 Å². The minimum absolute atomic E-state index is 0.273. The van der Waals surface area contributed by atoms with Crippen LogP contribution in [0.2, 0.25) is 0 Å². The van der Waals surface area contributed by atoms with Crippen LogP contribution in [-0.2, 0) is 11.3 Å². The molecule has 1 unspecified atom stereocenters. The Morgan fingerprint density at radius 2 is 2.10 bits per heavy atom. The van der Waals surface area contributed by atoms with E-state index in [0.29, 0.717) is 0 Å². The highest BCUT2D eigenvalue weighted by Gasteiger charge is 2.24. The highest BCUT2D eigenvalue weighted by molar-refractivity contribution is 5.67. The van der Waals surface area contributed by atoms with Crippen LogP contribution in [0, 0.1) is 5.92 Å². The Balaban J connectivity index is 1.60. The first-order valence-electron chi connectivity index (χ1n) is 7.25. The predicted molar refractivity (Wildman–Crippen MR) is 79.2 cm³/mol. The molecule has 0 aliphatic carbocycles. The predicted octanol–water partition coefficient (Wildman–Crippen LogP) is 2.17. The van der Waals surface area contributed by atoms with Crippen molar-refractivity contribution in [1.29, 1.82) is 0 Å². The Labute approximate surface area is 123 Å². The number of nitrogens with zero attached hydrogens (tertiary/aromatic N) is 3. The first-order chi connectivity index (χ1) is 10.2. The number of hydrogen-bond donors (Lipinski definition) is 1. The number of aliphatic carboxylic acids is 1. The molecule has 21 heavy (non-hydrogen) atoms. The second-order valence-corrected chi connectivity index (χ2v) is 5.57. The molecule has 0 radical (unpaired) electrons. The van der Waals surface area contributed by atoms with Crippen molar-refractivity contribution in [3.63, 3.8) is 0 Å². The van der Waals surface area contributed by atoms with E-state index in [2.05, 4.69) is 10.00 Å². The van der Waals surface area contributed by atoms with E-state index in [1.807, 2.05) is 47.3 Å². The van der Waals surface area contributed by atoms with Crippen LogP contribution in [0.25, 0.3) is 5.69 Å². The molecule has 1 aliphatic heterocycles. The van der Waals surface area contributed by atoms with Crippen molar-refractivity contribution in [3.05, 3.63) is 48.3 Å². The summed E-state index contributed by atoms with van der Waals surface area (Å²) < 4.78 is 1.88. The first kappa shape index (κ1) is 13.8. The van der Waals surface area contributed by atoms with Gasteiger partial charge in [-0.3, -0.25) is 9.69 Å². The average molecular weight is 285 g/mol. The van der Waals surface area contributed by atoms with E-state index in [0.717, 1.165) is 37.4 Å². The minimum Gasteiger partial charge on any atom is -0.481 e. The molecule has 5 heteroatoms. The van der Waals surface area contributed by atoms with E-state index in [9.17, 15) is 4.79 Å². The van der Waals surface area contributed by atoms with Crippen LogP contribution in [0.5, 0.6) is 0 Å². The second kappa shape index (κ2) is 6.10. The molecule has 2 heterocycles. The molecule has 0 amide bonds. The molecule has 5 nitrogen and oxygen atoms in total. The zero-order valence-electron chi connectivity index (χ0n) is 11.9.